The van der Waals surface area contributed by atoms with E-state index in [0.717, 1.165) is 42.1 Å². The number of carbonyl (C=O) groups is 1. The van der Waals surface area contributed by atoms with Crippen molar-refractivity contribution < 1.29 is 9.53 Å². The molecule has 0 radical (unpaired) electrons. The molecular formula is C16H23N5O2. The van der Waals surface area contributed by atoms with Crippen LogP contribution in [0.15, 0.2) is 12.4 Å². The molecule has 23 heavy (non-hydrogen) atoms. The van der Waals surface area contributed by atoms with Gasteiger partial charge in [-0.2, -0.15) is 10.2 Å². The van der Waals surface area contributed by atoms with Crippen molar-refractivity contribution in [1.82, 2.24) is 24.5 Å². The van der Waals surface area contributed by atoms with Crippen molar-refractivity contribution in [2.45, 2.75) is 39.3 Å². The quantitative estimate of drug-likeness (QED) is 0.859. The van der Waals surface area contributed by atoms with E-state index in [2.05, 4.69) is 10.2 Å². The maximum absolute atomic E-state index is 12.7. The summed E-state index contributed by atoms with van der Waals surface area (Å²) in [5.74, 6) is 0.822. The van der Waals surface area contributed by atoms with E-state index < -0.39 is 0 Å². The Hall–Kier alpha value is -2.31. The van der Waals surface area contributed by atoms with Gasteiger partial charge in [0.1, 0.15) is 6.54 Å². The molecule has 124 valence electrons. The molecular weight excluding hydrogens is 294 g/mol. The lowest BCUT2D eigenvalue weighted by Gasteiger charge is -2.25. The lowest BCUT2D eigenvalue weighted by atomic mass is 10.0. The maximum Gasteiger partial charge on any atom is 0.244 e. The second-order valence-corrected chi connectivity index (χ2v) is 6.09. The topological polar surface area (TPSA) is 65.2 Å². The van der Waals surface area contributed by atoms with Crippen LogP contribution < -0.4 is 4.74 Å². The summed E-state index contributed by atoms with van der Waals surface area (Å²) in [6.07, 6.45) is 5.58. The predicted octanol–water partition coefficient (Wildman–Crippen LogP) is 1.61. The summed E-state index contributed by atoms with van der Waals surface area (Å²) in [5.41, 5.74) is 3.00. The van der Waals surface area contributed by atoms with Crippen molar-refractivity contribution in [3.05, 3.63) is 29.2 Å². The summed E-state index contributed by atoms with van der Waals surface area (Å²) >= 11 is 0. The zero-order chi connectivity index (χ0) is 16.6. The zero-order valence-electron chi connectivity index (χ0n) is 14.1. The number of aryl methyl sites for hydroxylation is 3. The fraction of sp³-hybridized carbons (Fsp3) is 0.562. The first-order chi connectivity index (χ1) is 11.0. The molecule has 0 saturated carbocycles. The Kier molecular flexibility index (Phi) is 4.11. The second kappa shape index (κ2) is 6.06. The van der Waals surface area contributed by atoms with E-state index >= 15 is 0 Å². The predicted molar refractivity (Wildman–Crippen MR) is 85.1 cm³/mol. The number of aromatic nitrogens is 4. The Bertz CT molecular complexity index is 718. The Morgan fingerprint density at radius 3 is 2.87 bits per heavy atom. The van der Waals surface area contributed by atoms with Crippen molar-refractivity contribution in [3.63, 3.8) is 0 Å². The fourth-order valence-corrected chi connectivity index (χ4v) is 3.43. The van der Waals surface area contributed by atoms with Gasteiger partial charge in [0.15, 0.2) is 0 Å². The number of nitrogens with zero attached hydrogens (tertiary/aromatic N) is 5. The number of amides is 1. The largest absolute Gasteiger partial charge is 0.481 e. The molecule has 3 heterocycles. The van der Waals surface area contributed by atoms with E-state index in [-0.39, 0.29) is 18.5 Å². The van der Waals surface area contributed by atoms with Crippen LogP contribution in [0.2, 0.25) is 0 Å². The van der Waals surface area contributed by atoms with Crippen LogP contribution >= 0.6 is 0 Å². The first-order valence-electron chi connectivity index (χ1n) is 7.87. The Morgan fingerprint density at radius 2 is 2.22 bits per heavy atom. The molecule has 0 bridgehead atoms. The molecule has 0 aromatic carbocycles. The molecule has 0 spiro atoms. The molecule has 1 amide bonds. The van der Waals surface area contributed by atoms with E-state index in [9.17, 15) is 4.79 Å². The van der Waals surface area contributed by atoms with Gasteiger partial charge in [-0.15, -0.1) is 0 Å². The summed E-state index contributed by atoms with van der Waals surface area (Å²) in [6.45, 7) is 4.97. The van der Waals surface area contributed by atoms with Crippen LogP contribution in [0.25, 0.3) is 0 Å². The lowest BCUT2D eigenvalue weighted by molar-refractivity contribution is -0.133. The smallest absolute Gasteiger partial charge is 0.244 e. The van der Waals surface area contributed by atoms with Crippen molar-refractivity contribution >= 4 is 5.91 Å². The molecule has 7 heteroatoms. The van der Waals surface area contributed by atoms with E-state index in [1.807, 2.05) is 32.0 Å². The highest BCUT2D eigenvalue weighted by atomic mass is 16.5. The van der Waals surface area contributed by atoms with Crippen molar-refractivity contribution in [2.75, 3.05) is 13.7 Å². The van der Waals surface area contributed by atoms with Gasteiger partial charge in [0, 0.05) is 19.8 Å². The first-order valence-corrected chi connectivity index (χ1v) is 7.87. The highest BCUT2D eigenvalue weighted by Gasteiger charge is 2.35. The minimum atomic E-state index is 0.0304. The van der Waals surface area contributed by atoms with Crippen LogP contribution in [0.4, 0.5) is 0 Å². The molecule has 1 saturated heterocycles. The minimum absolute atomic E-state index is 0.0304. The van der Waals surface area contributed by atoms with Crippen LogP contribution in [-0.2, 0) is 18.4 Å². The average Bonchev–Trinajstić information content (AvgIpc) is 3.18. The maximum atomic E-state index is 12.7. The SMILES string of the molecule is COc1c(C2CCCN2C(=O)Cn2cc(C)cn2)c(C)nn1C. The highest BCUT2D eigenvalue weighted by Crippen LogP contribution is 2.38. The molecule has 0 aliphatic carbocycles. The number of ether oxygens (including phenoxy) is 1. The van der Waals surface area contributed by atoms with E-state index in [1.54, 1.807) is 22.7 Å². The van der Waals surface area contributed by atoms with E-state index in [4.69, 9.17) is 4.74 Å². The van der Waals surface area contributed by atoms with Gasteiger partial charge in [0.2, 0.25) is 11.8 Å². The summed E-state index contributed by atoms with van der Waals surface area (Å²) in [7, 11) is 3.51. The fourth-order valence-electron chi connectivity index (χ4n) is 3.43. The minimum Gasteiger partial charge on any atom is -0.481 e. The molecule has 2 aromatic heterocycles. The van der Waals surface area contributed by atoms with Gasteiger partial charge in [-0.25, -0.2) is 4.68 Å². The van der Waals surface area contributed by atoms with Gasteiger partial charge in [0.25, 0.3) is 0 Å². The molecule has 0 N–H and O–H groups in total. The number of likely N-dealkylation sites (tertiary alicyclic amines) is 1. The Labute approximate surface area is 135 Å². The highest BCUT2D eigenvalue weighted by molar-refractivity contribution is 5.77. The molecule has 1 aliphatic heterocycles. The van der Waals surface area contributed by atoms with Gasteiger partial charge >= 0.3 is 0 Å². The average molecular weight is 317 g/mol. The molecule has 3 rings (SSSR count). The molecule has 2 aromatic rings. The van der Waals surface area contributed by atoms with Crippen LogP contribution in [0.3, 0.4) is 0 Å². The molecule has 1 fully saturated rings. The van der Waals surface area contributed by atoms with E-state index in [0.29, 0.717) is 0 Å². The summed E-state index contributed by atoms with van der Waals surface area (Å²) < 4.78 is 8.94. The second-order valence-electron chi connectivity index (χ2n) is 6.09. The van der Waals surface area contributed by atoms with Gasteiger partial charge in [-0.3, -0.25) is 9.48 Å². The van der Waals surface area contributed by atoms with Crippen molar-refractivity contribution in [1.29, 1.82) is 0 Å². The molecule has 1 aliphatic rings. The standard InChI is InChI=1S/C16H23N5O2/c1-11-8-17-20(9-11)10-14(22)21-7-5-6-13(21)15-12(2)18-19(3)16(15)23-4/h8-9,13H,5-7,10H2,1-4H3. The third-order valence-electron chi connectivity index (χ3n) is 4.37. The van der Waals surface area contributed by atoms with Crippen LogP contribution in [-0.4, -0.2) is 44.0 Å². The number of hydrogen-bond donors (Lipinski definition) is 0. The normalized spacial score (nSPS) is 17.7. The molecule has 1 unspecified atom stereocenters. The third kappa shape index (κ3) is 2.83. The van der Waals surface area contributed by atoms with Gasteiger partial charge in [-0.05, 0) is 32.3 Å². The van der Waals surface area contributed by atoms with Crippen LogP contribution in [0.1, 0.15) is 35.7 Å². The van der Waals surface area contributed by atoms with Gasteiger partial charge < -0.3 is 9.64 Å². The van der Waals surface area contributed by atoms with Crippen LogP contribution in [0, 0.1) is 13.8 Å². The zero-order valence-corrected chi connectivity index (χ0v) is 14.1. The van der Waals surface area contributed by atoms with Gasteiger partial charge in [-0.1, -0.05) is 0 Å². The number of hydrogen-bond acceptors (Lipinski definition) is 4. The number of rotatable bonds is 4. The van der Waals surface area contributed by atoms with Crippen molar-refractivity contribution in [2.24, 2.45) is 7.05 Å². The Morgan fingerprint density at radius 1 is 1.43 bits per heavy atom. The lowest BCUT2D eigenvalue weighted by Crippen LogP contribution is -2.33. The summed E-state index contributed by atoms with van der Waals surface area (Å²) in [4.78, 5) is 14.7. The Balaban J connectivity index is 1.84. The first kappa shape index (κ1) is 15.6. The van der Waals surface area contributed by atoms with Gasteiger partial charge in [0.05, 0.1) is 30.6 Å². The van der Waals surface area contributed by atoms with Crippen molar-refractivity contribution in [3.8, 4) is 5.88 Å². The monoisotopic (exact) mass is 317 g/mol. The van der Waals surface area contributed by atoms with E-state index in [1.165, 1.54) is 0 Å². The molecule has 1 atom stereocenters. The third-order valence-corrected chi connectivity index (χ3v) is 4.37. The van der Waals surface area contributed by atoms with Crippen LogP contribution in [0.5, 0.6) is 5.88 Å². The summed E-state index contributed by atoms with van der Waals surface area (Å²) in [5, 5.41) is 8.65. The molecule has 7 nitrogen and oxygen atoms in total. The number of methoxy groups -OCH3 is 1. The summed E-state index contributed by atoms with van der Waals surface area (Å²) in [6, 6.07) is 0.0304. The number of carbonyl (C=O) groups excluding carboxylic acids is 1.